The molecule has 1 N–H and O–H groups in total. The maximum Gasteiger partial charge on any atom is 0.240 e. The van der Waals surface area contributed by atoms with Crippen LogP contribution in [0.2, 0.25) is 0 Å². The van der Waals surface area contributed by atoms with E-state index in [0.29, 0.717) is 12.4 Å². The predicted octanol–water partition coefficient (Wildman–Crippen LogP) is 1.15. The van der Waals surface area contributed by atoms with Crippen molar-refractivity contribution in [2.45, 2.75) is 39.2 Å². The van der Waals surface area contributed by atoms with Gasteiger partial charge in [-0.25, -0.2) is 0 Å². The van der Waals surface area contributed by atoms with Crippen LogP contribution >= 0.6 is 0 Å². The summed E-state index contributed by atoms with van der Waals surface area (Å²) in [4.78, 5) is 18.2. The van der Waals surface area contributed by atoms with Gasteiger partial charge in [-0.15, -0.1) is 0 Å². The molecule has 1 saturated heterocycles. The molecular weight excluding hydrogens is 244 g/mol. The van der Waals surface area contributed by atoms with Crippen molar-refractivity contribution in [1.82, 2.24) is 20.4 Å². The van der Waals surface area contributed by atoms with Crippen molar-refractivity contribution in [1.29, 1.82) is 0 Å². The maximum atomic E-state index is 11.5. The van der Waals surface area contributed by atoms with Gasteiger partial charge in [-0.05, 0) is 25.9 Å². The third-order valence-electron chi connectivity index (χ3n) is 3.56. The summed E-state index contributed by atoms with van der Waals surface area (Å²) in [5.41, 5.74) is 0. The van der Waals surface area contributed by atoms with Gasteiger partial charge in [-0.2, -0.15) is 4.98 Å². The zero-order valence-electron chi connectivity index (χ0n) is 11.8. The van der Waals surface area contributed by atoms with Crippen LogP contribution in [0.25, 0.3) is 0 Å². The van der Waals surface area contributed by atoms with Crippen molar-refractivity contribution >= 4 is 5.91 Å². The molecule has 0 spiro atoms. The number of amides is 1. The van der Waals surface area contributed by atoms with Crippen LogP contribution in [-0.4, -0.2) is 41.1 Å². The highest BCUT2D eigenvalue weighted by molar-refractivity contribution is 5.78. The predicted molar refractivity (Wildman–Crippen MR) is 70.5 cm³/mol. The summed E-state index contributed by atoms with van der Waals surface area (Å²) in [6, 6.07) is 0. The second kappa shape index (κ2) is 6.14. The Bertz CT molecular complexity index is 422. The zero-order chi connectivity index (χ0) is 13.8. The molecule has 0 aromatic carbocycles. The van der Waals surface area contributed by atoms with Crippen molar-refractivity contribution in [2.24, 2.45) is 5.92 Å². The average molecular weight is 266 g/mol. The van der Waals surface area contributed by atoms with Crippen LogP contribution in [-0.2, 0) is 11.3 Å². The molecule has 1 aromatic rings. The lowest BCUT2D eigenvalue weighted by atomic mass is 9.96. The monoisotopic (exact) mass is 266 g/mol. The SMILES string of the molecule is CNC(=O)C1CCN(Cc2nc(C(C)C)no2)CC1. The number of aromatic nitrogens is 2. The number of likely N-dealkylation sites (tertiary alicyclic amines) is 1. The van der Waals surface area contributed by atoms with Crippen LogP contribution in [0.3, 0.4) is 0 Å². The Morgan fingerprint density at radius 3 is 2.68 bits per heavy atom. The molecule has 19 heavy (non-hydrogen) atoms. The Morgan fingerprint density at radius 2 is 2.16 bits per heavy atom. The van der Waals surface area contributed by atoms with Crippen molar-refractivity contribution in [3.8, 4) is 0 Å². The third-order valence-corrected chi connectivity index (χ3v) is 3.56. The standard InChI is InChI=1S/C13H22N4O2/c1-9(2)12-15-11(19-16-12)8-17-6-4-10(5-7-17)13(18)14-3/h9-10H,4-8H2,1-3H3,(H,14,18). The highest BCUT2D eigenvalue weighted by atomic mass is 16.5. The molecule has 0 saturated carbocycles. The first-order valence-corrected chi connectivity index (χ1v) is 6.86. The van der Waals surface area contributed by atoms with Crippen molar-refractivity contribution in [2.75, 3.05) is 20.1 Å². The number of carbonyl (C=O) groups is 1. The minimum absolute atomic E-state index is 0.148. The molecule has 2 rings (SSSR count). The van der Waals surface area contributed by atoms with Gasteiger partial charge < -0.3 is 9.84 Å². The second-order valence-electron chi connectivity index (χ2n) is 5.37. The number of carbonyl (C=O) groups excluding carboxylic acids is 1. The first-order chi connectivity index (χ1) is 9.10. The first kappa shape index (κ1) is 14.0. The topological polar surface area (TPSA) is 71.3 Å². The fraction of sp³-hybridized carbons (Fsp3) is 0.769. The van der Waals surface area contributed by atoms with E-state index in [1.807, 2.05) is 13.8 Å². The van der Waals surface area contributed by atoms with Crippen molar-refractivity contribution in [3.05, 3.63) is 11.7 Å². The summed E-state index contributed by atoms with van der Waals surface area (Å²) >= 11 is 0. The Labute approximate surface area is 113 Å². The van der Waals surface area contributed by atoms with Gasteiger partial charge in [0.2, 0.25) is 11.8 Å². The highest BCUT2D eigenvalue weighted by Gasteiger charge is 2.25. The number of hydrogen-bond acceptors (Lipinski definition) is 5. The van der Waals surface area contributed by atoms with E-state index in [4.69, 9.17) is 4.52 Å². The quantitative estimate of drug-likeness (QED) is 0.885. The number of hydrogen-bond donors (Lipinski definition) is 1. The molecule has 0 atom stereocenters. The van der Waals surface area contributed by atoms with E-state index in [-0.39, 0.29) is 17.7 Å². The normalized spacial score (nSPS) is 17.9. The molecule has 0 aliphatic carbocycles. The molecule has 6 heteroatoms. The average Bonchev–Trinajstić information content (AvgIpc) is 2.87. The van der Waals surface area contributed by atoms with Crippen LogP contribution in [0.4, 0.5) is 0 Å². The highest BCUT2D eigenvalue weighted by Crippen LogP contribution is 2.19. The Morgan fingerprint density at radius 1 is 1.47 bits per heavy atom. The van der Waals surface area contributed by atoms with E-state index in [2.05, 4.69) is 20.4 Å². The molecule has 106 valence electrons. The molecule has 6 nitrogen and oxygen atoms in total. The molecule has 2 heterocycles. The summed E-state index contributed by atoms with van der Waals surface area (Å²) in [6.45, 7) is 6.57. The van der Waals surface area contributed by atoms with Gasteiger partial charge in [0.15, 0.2) is 5.82 Å². The molecule has 1 aromatic heterocycles. The van der Waals surface area contributed by atoms with Crippen LogP contribution in [0, 0.1) is 5.92 Å². The number of rotatable bonds is 4. The molecule has 1 aliphatic rings. The molecule has 1 amide bonds. The van der Waals surface area contributed by atoms with E-state index in [0.717, 1.165) is 31.8 Å². The van der Waals surface area contributed by atoms with Crippen LogP contribution in [0.5, 0.6) is 0 Å². The molecule has 0 bridgehead atoms. The van der Waals surface area contributed by atoms with Gasteiger partial charge in [0.05, 0.1) is 6.54 Å². The minimum atomic E-state index is 0.148. The Hall–Kier alpha value is -1.43. The van der Waals surface area contributed by atoms with E-state index in [1.165, 1.54) is 0 Å². The van der Waals surface area contributed by atoms with Crippen LogP contribution in [0.1, 0.15) is 44.3 Å². The lowest BCUT2D eigenvalue weighted by Gasteiger charge is -2.29. The largest absolute Gasteiger partial charge is 0.359 e. The molecule has 1 fully saturated rings. The lowest BCUT2D eigenvalue weighted by Crippen LogP contribution is -2.39. The smallest absolute Gasteiger partial charge is 0.240 e. The number of nitrogens with one attached hydrogen (secondary N) is 1. The first-order valence-electron chi connectivity index (χ1n) is 6.86. The molecular formula is C13H22N4O2. The third kappa shape index (κ3) is 3.53. The summed E-state index contributed by atoms with van der Waals surface area (Å²) in [5, 5.41) is 6.68. The van der Waals surface area contributed by atoms with Gasteiger partial charge in [0.25, 0.3) is 0 Å². The lowest BCUT2D eigenvalue weighted by molar-refractivity contribution is -0.125. The van der Waals surface area contributed by atoms with E-state index < -0.39 is 0 Å². The summed E-state index contributed by atoms with van der Waals surface area (Å²) < 4.78 is 5.24. The van der Waals surface area contributed by atoms with Crippen LogP contribution < -0.4 is 5.32 Å². The fourth-order valence-electron chi connectivity index (χ4n) is 2.32. The fourth-order valence-corrected chi connectivity index (χ4v) is 2.32. The number of nitrogens with zero attached hydrogens (tertiary/aromatic N) is 3. The van der Waals surface area contributed by atoms with Crippen molar-refractivity contribution in [3.63, 3.8) is 0 Å². The van der Waals surface area contributed by atoms with Gasteiger partial charge >= 0.3 is 0 Å². The Kier molecular flexibility index (Phi) is 4.52. The van der Waals surface area contributed by atoms with Gasteiger partial charge in [-0.3, -0.25) is 9.69 Å². The molecule has 0 unspecified atom stereocenters. The zero-order valence-corrected chi connectivity index (χ0v) is 11.8. The van der Waals surface area contributed by atoms with E-state index in [9.17, 15) is 4.79 Å². The van der Waals surface area contributed by atoms with Crippen molar-refractivity contribution < 1.29 is 9.32 Å². The molecule has 0 radical (unpaired) electrons. The molecule has 1 aliphatic heterocycles. The van der Waals surface area contributed by atoms with E-state index >= 15 is 0 Å². The van der Waals surface area contributed by atoms with E-state index in [1.54, 1.807) is 7.05 Å². The number of piperidine rings is 1. The summed E-state index contributed by atoms with van der Waals surface area (Å²) in [6.07, 6.45) is 1.79. The summed E-state index contributed by atoms with van der Waals surface area (Å²) in [7, 11) is 1.70. The van der Waals surface area contributed by atoms with Gasteiger partial charge in [-0.1, -0.05) is 19.0 Å². The maximum absolute atomic E-state index is 11.5. The second-order valence-corrected chi connectivity index (χ2v) is 5.37. The Balaban J connectivity index is 1.83. The van der Waals surface area contributed by atoms with Crippen LogP contribution in [0.15, 0.2) is 4.52 Å². The van der Waals surface area contributed by atoms with Gasteiger partial charge in [0.1, 0.15) is 0 Å². The summed E-state index contributed by atoms with van der Waals surface area (Å²) in [5.74, 6) is 2.02. The van der Waals surface area contributed by atoms with Gasteiger partial charge in [0, 0.05) is 18.9 Å². The minimum Gasteiger partial charge on any atom is -0.359 e.